The van der Waals surface area contributed by atoms with E-state index in [4.69, 9.17) is 5.84 Å². The minimum Gasteiger partial charge on any atom is -0.338 e. The summed E-state index contributed by atoms with van der Waals surface area (Å²) in [5.74, 6) is 4.71. The lowest BCUT2D eigenvalue weighted by molar-refractivity contribution is -0.137. The van der Waals surface area contributed by atoms with Gasteiger partial charge in [0.05, 0.1) is 11.3 Å². The molecule has 1 heterocycles. The molecule has 0 saturated carbocycles. The Bertz CT molecular complexity index is 555. The second-order valence-corrected chi connectivity index (χ2v) is 6.04. The Morgan fingerprint density at radius 3 is 2.52 bits per heavy atom. The van der Waals surface area contributed by atoms with E-state index in [1.807, 2.05) is 19.3 Å². The van der Waals surface area contributed by atoms with Crippen LogP contribution >= 0.6 is 0 Å². The van der Waals surface area contributed by atoms with Crippen molar-refractivity contribution in [2.24, 2.45) is 11.3 Å². The number of nitrogens with one attached hydrogen (secondary N) is 1. The van der Waals surface area contributed by atoms with Crippen molar-refractivity contribution in [3.8, 4) is 0 Å². The Kier molecular flexibility index (Phi) is 3.88. The van der Waals surface area contributed by atoms with Crippen LogP contribution in [-0.4, -0.2) is 23.9 Å². The highest BCUT2D eigenvalue weighted by molar-refractivity contribution is 5.95. The number of anilines is 1. The van der Waals surface area contributed by atoms with Gasteiger partial charge < -0.3 is 10.3 Å². The number of nitrogens with zero attached hydrogens (tertiary/aromatic N) is 1. The average Bonchev–Trinajstić information content (AvgIpc) is 2.76. The largest absolute Gasteiger partial charge is 0.418 e. The quantitative estimate of drug-likeness (QED) is 0.652. The predicted octanol–water partition coefficient (Wildman–Crippen LogP) is 2.86. The first-order chi connectivity index (χ1) is 9.64. The van der Waals surface area contributed by atoms with Gasteiger partial charge in [0, 0.05) is 18.7 Å². The third kappa shape index (κ3) is 3.29. The summed E-state index contributed by atoms with van der Waals surface area (Å²) in [7, 11) is 0. The van der Waals surface area contributed by atoms with Gasteiger partial charge in [-0.05, 0) is 30.0 Å². The molecule has 1 aromatic carbocycles. The number of nitrogen functional groups attached to an aromatic ring is 1. The standard InChI is InChI=1S/C14H18F3N3O/c1-13(2)5-6-20(8-13)12(21)9-3-4-11(19-18)10(7-9)14(15,16)17/h3-4,7,19H,5-6,8,18H2,1-2H3. The molecule has 21 heavy (non-hydrogen) atoms. The maximum absolute atomic E-state index is 13.0. The fourth-order valence-electron chi connectivity index (χ4n) is 2.51. The van der Waals surface area contributed by atoms with Crippen molar-refractivity contribution < 1.29 is 18.0 Å². The topological polar surface area (TPSA) is 58.4 Å². The van der Waals surface area contributed by atoms with Crippen molar-refractivity contribution in [3.05, 3.63) is 29.3 Å². The molecule has 0 atom stereocenters. The average molecular weight is 301 g/mol. The van der Waals surface area contributed by atoms with Gasteiger partial charge in [0.1, 0.15) is 0 Å². The molecule has 4 nitrogen and oxygen atoms in total. The molecule has 0 bridgehead atoms. The first kappa shape index (κ1) is 15.6. The molecule has 116 valence electrons. The highest BCUT2D eigenvalue weighted by Gasteiger charge is 2.36. The zero-order valence-electron chi connectivity index (χ0n) is 11.9. The summed E-state index contributed by atoms with van der Waals surface area (Å²) < 4.78 is 38.9. The summed E-state index contributed by atoms with van der Waals surface area (Å²) in [5.41, 5.74) is 0.849. The Morgan fingerprint density at radius 1 is 1.38 bits per heavy atom. The summed E-state index contributed by atoms with van der Waals surface area (Å²) in [4.78, 5) is 13.9. The van der Waals surface area contributed by atoms with E-state index in [0.29, 0.717) is 13.1 Å². The van der Waals surface area contributed by atoms with Crippen LogP contribution in [0.3, 0.4) is 0 Å². The van der Waals surface area contributed by atoms with Crippen molar-refractivity contribution in [2.45, 2.75) is 26.4 Å². The monoisotopic (exact) mass is 301 g/mol. The van der Waals surface area contributed by atoms with E-state index < -0.39 is 11.7 Å². The molecule has 0 aliphatic carbocycles. The van der Waals surface area contributed by atoms with Crippen molar-refractivity contribution in [1.29, 1.82) is 0 Å². The minimum absolute atomic E-state index is 0.00126. The number of hydrogen-bond donors (Lipinski definition) is 2. The van der Waals surface area contributed by atoms with Crippen LogP contribution in [0.1, 0.15) is 36.2 Å². The van der Waals surface area contributed by atoms with E-state index in [9.17, 15) is 18.0 Å². The molecule has 1 aliphatic heterocycles. The van der Waals surface area contributed by atoms with Crippen LogP contribution < -0.4 is 11.3 Å². The zero-order chi connectivity index (χ0) is 15.8. The minimum atomic E-state index is -4.57. The molecule has 3 N–H and O–H groups in total. The van der Waals surface area contributed by atoms with Crippen molar-refractivity contribution >= 4 is 11.6 Å². The van der Waals surface area contributed by atoms with E-state index in [-0.39, 0.29) is 22.6 Å². The summed E-state index contributed by atoms with van der Waals surface area (Å²) in [6.45, 7) is 5.17. The number of amides is 1. The Balaban J connectivity index is 2.31. The summed E-state index contributed by atoms with van der Waals surface area (Å²) in [5, 5.41) is 0. The maximum Gasteiger partial charge on any atom is 0.418 e. The smallest absolute Gasteiger partial charge is 0.338 e. The van der Waals surface area contributed by atoms with Gasteiger partial charge in [-0.1, -0.05) is 13.8 Å². The molecular formula is C14H18F3N3O. The van der Waals surface area contributed by atoms with Gasteiger partial charge in [0.15, 0.2) is 0 Å². The van der Waals surface area contributed by atoms with Crippen molar-refractivity contribution in [1.82, 2.24) is 4.90 Å². The van der Waals surface area contributed by atoms with Gasteiger partial charge in [-0.25, -0.2) is 0 Å². The molecule has 2 rings (SSSR count). The highest BCUT2D eigenvalue weighted by Crippen LogP contribution is 2.36. The van der Waals surface area contributed by atoms with E-state index in [2.05, 4.69) is 0 Å². The van der Waals surface area contributed by atoms with E-state index >= 15 is 0 Å². The number of carbonyl (C=O) groups is 1. The number of alkyl halides is 3. The fourth-order valence-corrected chi connectivity index (χ4v) is 2.51. The lowest BCUT2D eigenvalue weighted by atomic mass is 9.93. The van der Waals surface area contributed by atoms with Gasteiger partial charge in [-0.2, -0.15) is 13.2 Å². The van der Waals surface area contributed by atoms with Gasteiger partial charge in [0.2, 0.25) is 0 Å². The fraction of sp³-hybridized carbons (Fsp3) is 0.500. The number of nitrogens with two attached hydrogens (primary N) is 1. The lowest BCUT2D eigenvalue weighted by Gasteiger charge is -2.21. The predicted molar refractivity (Wildman–Crippen MR) is 73.6 cm³/mol. The molecule has 1 aliphatic rings. The summed E-state index contributed by atoms with van der Waals surface area (Å²) in [6, 6.07) is 3.39. The number of halogens is 3. The SMILES string of the molecule is CC1(C)CCN(C(=O)c2ccc(NN)c(C(F)(F)F)c2)C1. The van der Waals surface area contributed by atoms with Crippen LogP contribution in [0.25, 0.3) is 0 Å². The normalized spacial score (nSPS) is 17.9. The van der Waals surface area contributed by atoms with Crippen LogP contribution in [0.15, 0.2) is 18.2 Å². The molecule has 1 fully saturated rings. The highest BCUT2D eigenvalue weighted by atomic mass is 19.4. The second kappa shape index (κ2) is 5.22. The molecule has 0 radical (unpaired) electrons. The third-order valence-corrected chi connectivity index (χ3v) is 3.69. The van der Waals surface area contributed by atoms with Crippen LogP contribution in [0.4, 0.5) is 18.9 Å². The Hall–Kier alpha value is -1.76. The van der Waals surface area contributed by atoms with Crippen molar-refractivity contribution in [2.75, 3.05) is 18.5 Å². The van der Waals surface area contributed by atoms with Gasteiger partial charge in [-0.15, -0.1) is 0 Å². The van der Waals surface area contributed by atoms with Crippen LogP contribution in [-0.2, 0) is 6.18 Å². The van der Waals surface area contributed by atoms with Crippen LogP contribution in [0.2, 0.25) is 0 Å². The molecule has 1 aromatic rings. The van der Waals surface area contributed by atoms with E-state index in [1.54, 1.807) is 4.90 Å². The molecule has 1 amide bonds. The molecule has 0 aromatic heterocycles. The number of likely N-dealkylation sites (tertiary alicyclic amines) is 1. The molecule has 0 unspecified atom stereocenters. The summed E-state index contributed by atoms with van der Waals surface area (Å²) in [6.07, 6.45) is -3.73. The summed E-state index contributed by atoms with van der Waals surface area (Å²) >= 11 is 0. The van der Waals surface area contributed by atoms with Gasteiger partial charge >= 0.3 is 6.18 Å². The number of hydrazine groups is 1. The Morgan fingerprint density at radius 2 is 2.05 bits per heavy atom. The molecular weight excluding hydrogens is 283 g/mol. The number of benzene rings is 1. The maximum atomic E-state index is 13.0. The molecule has 1 saturated heterocycles. The Labute approximate surface area is 121 Å². The second-order valence-electron chi connectivity index (χ2n) is 6.04. The van der Waals surface area contributed by atoms with Crippen molar-refractivity contribution in [3.63, 3.8) is 0 Å². The first-order valence-corrected chi connectivity index (χ1v) is 6.61. The first-order valence-electron chi connectivity index (χ1n) is 6.61. The lowest BCUT2D eigenvalue weighted by Crippen LogP contribution is -2.30. The van der Waals surface area contributed by atoms with Crippen LogP contribution in [0.5, 0.6) is 0 Å². The van der Waals surface area contributed by atoms with E-state index in [1.165, 1.54) is 12.1 Å². The number of hydrogen-bond acceptors (Lipinski definition) is 3. The molecule has 7 heteroatoms. The van der Waals surface area contributed by atoms with Gasteiger partial charge in [-0.3, -0.25) is 10.6 Å². The van der Waals surface area contributed by atoms with E-state index in [0.717, 1.165) is 12.5 Å². The molecule has 0 spiro atoms. The third-order valence-electron chi connectivity index (χ3n) is 3.69. The number of rotatable bonds is 2. The van der Waals surface area contributed by atoms with Gasteiger partial charge in [0.25, 0.3) is 5.91 Å². The zero-order valence-corrected chi connectivity index (χ0v) is 11.9. The van der Waals surface area contributed by atoms with Crippen LogP contribution in [0, 0.1) is 5.41 Å². The number of carbonyl (C=O) groups excluding carboxylic acids is 1.